The van der Waals surface area contributed by atoms with Gasteiger partial charge in [0, 0.05) is 18.9 Å². The van der Waals surface area contributed by atoms with Gasteiger partial charge in [-0.2, -0.15) is 0 Å². The van der Waals surface area contributed by atoms with Crippen molar-refractivity contribution in [3.63, 3.8) is 0 Å². The Hall–Kier alpha value is -1.75. The summed E-state index contributed by atoms with van der Waals surface area (Å²) in [4.78, 5) is 4.06. The van der Waals surface area contributed by atoms with Gasteiger partial charge in [-0.1, -0.05) is 19.1 Å². The van der Waals surface area contributed by atoms with Gasteiger partial charge in [-0.3, -0.25) is 4.98 Å². The van der Waals surface area contributed by atoms with E-state index in [9.17, 15) is 0 Å². The maximum Gasteiger partial charge on any atom is 0.0756 e. The molecule has 0 saturated carbocycles. The molecule has 0 saturated heterocycles. The Kier molecular flexibility index (Phi) is 5.68. The molecule has 2 heterocycles. The molecular formula is C15H23N5. The van der Waals surface area contributed by atoms with Gasteiger partial charge in [-0.25, -0.2) is 4.68 Å². The van der Waals surface area contributed by atoms with E-state index < -0.39 is 0 Å². The van der Waals surface area contributed by atoms with E-state index >= 15 is 0 Å². The lowest BCUT2D eigenvalue weighted by atomic mass is 10.0. The molecule has 0 amide bonds. The molecule has 5 heteroatoms. The number of rotatable bonds is 8. The van der Waals surface area contributed by atoms with Crippen LogP contribution in [0.15, 0.2) is 30.7 Å². The quantitative estimate of drug-likeness (QED) is 0.802. The number of hydrogen-bond donors (Lipinski definition) is 1. The molecule has 0 aromatic carbocycles. The second-order valence-electron chi connectivity index (χ2n) is 4.89. The van der Waals surface area contributed by atoms with Crippen LogP contribution in [-0.4, -0.2) is 26.5 Å². The first kappa shape index (κ1) is 14.7. The first-order valence-electron chi connectivity index (χ1n) is 7.35. The summed E-state index contributed by atoms with van der Waals surface area (Å²) in [7, 11) is 0. The van der Waals surface area contributed by atoms with E-state index in [0.29, 0.717) is 6.04 Å². The second kappa shape index (κ2) is 7.75. The third kappa shape index (κ3) is 3.87. The van der Waals surface area contributed by atoms with E-state index in [1.165, 1.54) is 11.3 Å². The molecule has 1 atom stereocenters. The van der Waals surface area contributed by atoms with Crippen LogP contribution in [0.25, 0.3) is 0 Å². The summed E-state index contributed by atoms with van der Waals surface area (Å²) < 4.78 is 2.01. The van der Waals surface area contributed by atoms with Crippen LogP contribution in [0, 0.1) is 0 Å². The van der Waals surface area contributed by atoms with Gasteiger partial charge in [0.2, 0.25) is 0 Å². The number of aromatic nitrogens is 4. The minimum atomic E-state index is 0.301. The minimum Gasteiger partial charge on any atom is -0.309 e. The zero-order valence-electron chi connectivity index (χ0n) is 12.3. The highest BCUT2D eigenvalue weighted by Crippen LogP contribution is 2.18. The summed E-state index contributed by atoms with van der Waals surface area (Å²) in [6, 6.07) is 4.45. The van der Waals surface area contributed by atoms with Gasteiger partial charge < -0.3 is 5.32 Å². The SMILES string of the molecule is CCCn1nncc1C(CCc1ccncc1)NCC. The zero-order chi connectivity index (χ0) is 14.2. The molecule has 0 bridgehead atoms. The summed E-state index contributed by atoms with van der Waals surface area (Å²) in [5.74, 6) is 0. The van der Waals surface area contributed by atoms with Crippen LogP contribution < -0.4 is 5.32 Å². The molecule has 0 aliphatic heterocycles. The maximum absolute atomic E-state index is 4.18. The Labute approximate surface area is 120 Å². The van der Waals surface area contributed by atoms with Crippen molar-refractivity contribution in [3.8, 4) is 0 Å². The lowest BCUT2D eigenvalue weighted by Crippen LogP contribution is -2.24. The smallest absolute Gasteiger partial charge is 0.0756 e. The topological polar surface area (TPSA) is 55.6 Å². The molecule has 0 fully saturated rings. The molecule has 2 aromatic rings. The summed E-state index contributed by atoms with van der Waals surface area (Å²) in [5, 5.41) is 11.8. The molecule has 5 nitrogen and oxygen atoms in total. The van der Waals surface area contributed by atoms with Crippen molar-refractivity contribution in [2.24, 2.45) is 0 Å². The fourth-order valence-corrected chi connectivity index (χ4v) is 2.38. The molecule has 20 heavy (non-hydrogen) atoms. The Balaban J connectivity index is 2.04. The average molecular weight is 273 g/mol. The summed E-state index contributed by atoms with van der Waals surface area (Å²) in [5.41, 5.74) is 2.50. The minimum absolute atomic E-state index is 0.301. The van der Waals surface area contributed by atoms with Crippen LogP contribution in [0.5, 0.6) is 0 Å². The number of aryl methyl sites for hydroxylation is 2. The van der Waals surface area contributed by atoms with Crippen LogP contribution in [0.1, 0.15) is 44.0 Å². The molecule has 0 aliphatic rings. The van der Waals surface area contributed by atoms with Gasteiger partial charge in [0.1, 0.15) is 0 Å². The van der Waals surface area contributed by atoms with Gasteiger partial charge in [0.25, 0.3) is 0 Å². The molecular weight excluding hydrogens is 250 g/mol. The molecule has 2 aromatic heterocycles. The summed E-state index contributed by atoms with van der Waals surface area (Å²) in [6.45, 7) is 6.16. The third-order valence-electron chi connectivity index (χ3n) is 3.36. The van der Waals surface area contributed by atoms with Crippen LogP contribution in [0.2, 0.25) is 0 Å². The lowest BCUT2D eigenvalue weighted by molar-refractivity contribution is 0.455. The number of pyridine rings is 1. The van der Waals surface area contributed by atoms with Crippen LogP contribution in [0.4, 0.5) is 0 Å². The average Bonchev–Trinajstić information content (AvgIpc) is 2.93. The summed E-state index contributed by atoms with van der Waals surface area (Å²) in [6.07, 6.45) is 8.71. The van der Waals surface area contributed by atoms with Gasteiger partial charge in [-0.05, 0) is 43.5 Å². The number of hydrogen-bond acceptors (Lipinski definition) is 4. The Bertz CT molecular complexity index is 494. The molecule has 2 rings (SSSR count). The predicted molar refractivity (Wildman–Crippen MR) is 79.3 cm³/mol. The van der Waals surface area contributed by atoms with Gasteiger partial charge >= 0.3 is 0 Å². The van der Waals surface area contributed by atoms with Gasteiger partial charge in [0.15, 0.2) is 0 Å². The Morgan fingerprint density at radius 2 is 2.05 bits per heavy atom. The van der Waals surface area contributed by atoms with Crippen molar-refractivity contribution in [3.05, 3.63) is 42.0 Å². The molecule has 1 unspecified atom stereocenters. The second-order valence-corrected chi connectivity index (χ2v) is 4.89. The van der Waals surface area contributed by atoms with Crippen molar-refractivity contribution in [1.29, 1.82) is 0 Å². The van der Waals surface area contributed by atoms with Crippen molar-refractivity contribution in [2.45, 2.75) is 45.7 Å². The van der Waals surface area contributed by atoms with Gasteiger partial charge in [0.05, 0.1) is 17.9 Å². The third-order valence-corrected chi connectivity index (χ3v) is 3.36. The van der Waals surface area contributed by atoms with E-state index in [0.717, 1.165) is 32.4 Å². The highest BCUT2D eigenvalue weighted by Gasteiger charge is 2.15. The van der Waals surface area contributed by atoms with Crippen LogP contribution >= 0.6 is 0 Å². The van der Waals surface area contributed by atoms with Gasteiger partial charge in [-0.15, -0.1) is 5.10 Å². The fourth-order valence-electron chi connectivity index (χ4n) is 2.38. The molecule has 0 spiro atoms. The monoisotopic (exact) mass is 273 g/mol. The zero-order valence-corrected chi connectivity index (χ0v) is 12.3. The van der Waals surface area contributed by atoms with Crippen molar-refractivity contribution in [1.82, 2.24) is 25.3 Å². The highest BCUT2D eigenvalue weighted by atomic mass is 15.4. The predicted octanol–water partition coefficient (Wildman–Crippen LogP) is 2.37. The Morgan fingerprint density at radius 3 is 2.75 bits per heavy atom. The summed E-state index contributed by atoms with van der Waals surface area (Å²) >= 11 is 0. The standard InChI is InChI=1S/C15H23N5/c1-3-11-20-15(12-18-19-20)14(17-4-2)6-5-13-7-9-16-10-8-13/h7-10,12,14,17H,3-6,11H2,1-2H3. The molecule has 0 radical (unpaired) electrons. The molecule has 0 aliphatic carbocycles. The number of nitrogens with one attached hydrogen (secondary N) is 1. The van der Waals surface area contributed by atoms with Crippen molar-refractivity contribution in [2.75, 3.05) is 6.54 Å². The van der Waals surface area contributed by atoms with Crippen molar-refractivity contribution >= 4 is 0 Å². The molecule has 1 N–H and O–H groups in total. The Morgan fingerprint density at radius 1 is 1.25 bits per heavy atom. The molecule has 108 valence electrons. The largest absolute Gasteiger partial charge is 0.309 e. The van der Waals surface area contributed by atoms with Crippen molar-refractivity contribution < 1.29 is 0 Å². The first-order chi connectivity index (χ1) is 9.85. The van der Waals surface area contributed by atoms with E-state index in [2.05, 4.69) is 46.6 Å². The van der Waals surface area contributed by atoms with E-state index in [1.54, 1.807) is 0 Å². The van der Waals surface area contributed by atoms with E-state index in [4.69, 9.17) is 0 Å². The highest BCUT2D eigenvalue weighted by molar-refractivity contribution is 5.11. The van der Waals surface area contributed by atoms with E-state index in [-0.39, 0.29) is 0 Å². The number of nitrogens with zero attached hydrogens (tertiary/aromatic N) is 4. The fraction of sp³-hybridized carbons (Fsp3) is 0.533. The van der Waals surface area contributed by atoms with E-state index in [1.807, 2.05) is 23.3 Å². The normalized spacial score (nSPS) is 12.5. The first-order valence-corrected chi connectivity index (χ1v) is 7.35. The van der Waals surface area contributed by atoms with Crippen LogP contribution in [0.3, 0.4) is 0 Å². The van der Waals surface area contributed by atoms with Crippen LogP contribution in [-0.2, 0) is 13.0 Å². The maximum atomic E-state index is 4.18. The lowest BCUT2D eigenvalue weighted by Gasteiger charge is -2.18.